The van der Waals surface area contributed by atoms with Crippen LogP contribution in [0.2, 0.25) is 0 Å². The number of hydrogen-bond acceptors (Lipinski definition) is 4. The van der Waals surface area contributed by atoms with Crippen molar-refractivity contribution in [2.24, 2.45) is 7.05 Å². The zero-order valence-electron chi connectivity index (χ0n) is 18.4. The molecule has 2 aromatic carbocycles. The van der Waals surface area contributed by atoms with Gasteiger partial charge in [0.15, 0.2) is 5.65 Å². The number of carbonyl (C=O) groups is 1. The second-order valence-corrected chi connectivity index (χ2v) is 8.03. The van der Waals surface area contributed by atoms with Gasteiger partial charge >= 0.3 is 0 Å². The maximum atomic E-state index is 13.3. The monoisotopic (exact) mass is 413 g/mol. The largest absolute Gasteiger partial charge is 0.322 e. The van der Waals surface area contributed by atoms with E-state index in [2.05, 4.69) is 41.5 Å². The topological polar surface area (TPSA) is 63.1 Å². The summed E-state index contributed by atoms with van der Waals surface area (Å²) in [5, 5.41) is 8.31. The van der Waals surface area contributed by atoms with E-state index in [0.29, 0.717) is 11.2 Å². The number of benzene rings is 2. The van der Waals surface area contributed by atoms with E-state index >= 15 is 0 Å². The van der Waals surface area contributed by atoms with Gasteiger partial charge < -0.3 is 10.2 Å². The predicted octanol–water partition coefficient (Wildman–Crippen LogP) is 4.30. The summed E-state index contributed by atoms with van der Waals surface area (Å²) in [5.74, 6) is -0.165. The van der Waals surface area contributed by atoms with Crippen LogP contribution in [0.3, 0.4) is 0 Å². The molecular formula is C25H27N5O. The van der Waals surface area contributed by atoms with Crippen molar-refractivity contribution < 1.29 is 4.79 Å². The Morgan fingerprint density at radius 3 is 2.45 bits per heavy atom. The van der Waals surface area contributed by atoms with Gasteiger partial charge in [-0.05, 0) is 51.2 Å². The highest BCUT2D eigenvalue weighted by atomic mass is 16.1. The average molecular weight is 414 g/mol. The van der Waals surface area contributed by atoms with Crippen molar-refractivity contribution in [3.63, 3.8) is 0 Å². The molecule has 2 heterocycles. The van der Waals surface area contributed by atoms with Crippen LogP contribution in [0.25, 0.3) is 22.3 Å². The Bertz CT molecular complexity index is 1210. The molecule has 0 saturated carbocycles. The summed E-state index contributed by atoms with van der Waals surface area (Å²) >= 11 is 0. The molecule has 0 bridgehead atoms. The van der Waals surface area contributed by atoms with Crippen LogP contribution in [-0.4, -0.2) is 46.2 Å². The van der Waals surface area contributed by atoms with Crippen LogP contribution in [0.5, 0.6) is 0 Å². The fourth-order valence-corrected chi connectivity index (χ4v) is 3.69. The maximum absolute atomic E-state index is 13.3. The van der Waals surface area contributed by atoms with Gasteiger partial charge in [-0.3, -0.25) is 9.48 Å². The standard InChI is InChI=1S/C25H27N5O/c1-17-23-21(25(31)26-20-12-10-18(11-13-20)14-15-29(2)3)16-22(19-8-6-5-7-9-19)27-24(23)30(4)28-17/h5-13,16H,14-15H2,1-4H3,(H,26,31). The quantitative estimate of drug-likeness (QED) is 0.512. The molecule has 0 aliphatic rings. The molecular weight excluding hydrogens is 386 g/mol. The van der Waals surface area contributed by atoms with Gasteiger partial charge in [0.25, 0.3) is 5.91 Å². The summed E-state index contributed by atoms with van der Waals surface area (Å²) in [7, 11) is 5.98. The Labute approximate surface area is 182 Å². The third kappa shape index (κ3) is 4.49. The van der Waals surface area contributed by atoms with E-state index in [1.165, 1.54) is 5.56 Å². The van der Waals surface area contributed by atoms with Gasteiger partial charge in [0.05, 0.1) is 22.3 Å². The number of fused-ring (bicyclic) bond motifs is 1. The van der Waals surface area contributed by atoms with Gasteiger partial charge in [-0.2, -0.15) is 5.10 Å². The molecule has 0 aliphatic heterocycles. The number of aryl methyl sites for hydroxylation is 2. The Balaban J connectivity index is 1.67. The minimum Gasteiger partial charge on any atom is -0.322 e. The number of rotatable bonds is 6. The van der Waals surface area contributed by atoms with Gasteiger partial charge in [0.1, 0.15) is 0 Å². The van der Waals surface area contributed by atoms with Crippen molar-refractivity contribution in [1.82, 2.24) is 19.7 Å². The lowest BCUT2D eigenvalue weighted by Gasteiger charge is -2.11. The number of anilines is 1. The molecule has 0 saturated heterocycles. The highest BCUT2D eigenvalue weighted by molar-refractivity contribution is 6.13. The summed E-state index contributed by atoms with van der Waals surface area (Å²) in [6, 6.07) is 19.8. The van der Waals surface area contributed by atoms with Gasteiger partial charge in [-0.25, -0.2) is 4.98 Å². The third-order valence-electron chi connectivity index (χ3n) is 5.34. The number of carbonyl (C=O) groups excluding carboxylic acids is 1. The molecule has 0 unspecified atom stereocenters. The molecule has 0 spiro atoms. The van der Waals surface area contributed by atoms with Crippen LogP contribution < -0.4 is 5.32 Å². The molecule has 1 N–H and O–H groups in total. The van der Waals surface area contributed by atoms with Crippen LogP contribution in [0.4, 0.5) is 5.69 Å². The first-order valence-electron chi connectivity index (χ1n) is 10.4. The summed E-state index contributed by atoms with van der Waals surface area (Å²) < 4.78 is 1.73. The minimum atomic E-state index is -0.165. The van der Waals surface area contributed by atoms with Crippen molar-refractivity contribution in [1.29, 1.82) is 0 Å². The van der Waals surface area contributed by atoms with Crippen LogP contribution in [-0.2, 0) is 13.5 Å². The number of likely N-dealkylation sites (N-methyl/N-ethyl adjacent to an activating group) is 1. The molecule has 2 aromatic heterocycles. The molecule has 31 heavy (non-hydrogen) atoms. The number of nitrogens with one attached hydrogen (secondary N) is 1. The molecule has 6 heteroatoms. The number of amides is 1. The lowest BCUT2D eigenvalue weighted by atomic mass is 10.0. The fraction of sp³-hybridized carbons (Fsp3) is 0.240. The SMILES string of the molecule is Cc1nn(C)c2nc(-c3ccccc3)cc(C(=O)Nc3ccc(CCN(C)C)cc3)c12. The van der Waals surface area contributed by atoms with Crippen LogP contribution in [0.1, 0.15) is 21.6 Å². The molecule has 0 aliphatic carbocycles. The number of aromatic nitrogens is 3. The molecule has 0 fully saturated rings. The van der Waals surface area contributed by atoms with Crippen LogP contribution >= 0.6 is 0 Å². The van der Waals surface area contributed by atoms with Crippen LogP contribution in [0.15, 0.2) is 60.7 Å². The summed E-state index contributed by atoms with van der Waals surface area (Å²) in [6.45, 7) is 2.89. The average Bonchev–Trinajstić information content (AvgIpc) is 3.06. The molecule has 0 radical (unpaired) electrons. The first-order chi connectivity index (χ1) is 14.9. The second kappa shape index (κ2) is 8.70. The lowest BCUT2D eigenvalue weighted by molar-refractivity contribution is 0.102. The maximum Gasteiger partial charge on any atom is 0.256 e. The lowest BCUT2D eigenvalue weighted by Crippen LogP contribution is -2.15. The Morgan fingerprint density at radius 1 is 1.06 bits per heavy atom. The van der Waals surface area contributed by atoms with E-state index < -0.39 is 0 Å². The fourth-order valence-electron chi connectivity index (χ4n) is 3.69. The minimum absolute atomic E-state index is 0.165. The second-order valence-electron chi connectivity index (χ2n) is 8.03. The number of nitrogens with zero attached hydrogens (tertiary/aromatic N) is 4. The molecule has 4 aromatic rings. The van der Waals surface area contributed by atoms with Gasteiger partial charge in [0.2, 0.25) is 0 Å². The summed E-state index contributed by atoms with van der Waals surface area (Å²) in [6.07, 6.45) is 0.974. The summed E-state index contributed by atoms with van der Waals surface area (Å²) in [5.41, 5.74) is 5.78. The van der Waals surface area contributed by atoms with E-state index in [9.17, 15) is 4.79 Å². The van der Waals surface area contributed by atoms with Crippen molar-refractivity contribution in [3.8, 4) is 11.3 Å². The smallest absolute Gasteiger partial charge is 0.256 e. The molecule has 1 amide bonds. The Morgan fingerprint density at radius 2 is 1.77 bits per heavy atom. The predicted molar refractivity (Wildman–Crippen MR) is 125 cm³/mol. The molecule has 6 nitrogen and oxygen atoms in total. The Kier molecular flexibility index (Phi) is 5.82. The van der Waals surface area contributed by atoms with Crippen molar-refractivity contribution >= 4 is 22.6 Å². The van der Waals surface area contributed by atoms with Gasteiger partial charge in [-0.1, -0.05) is 42.5 Å². The van der Waals surface area contributed by atoms with Crippen molar-refractivity contribution in [2.75, 3.05) is 26.0 Å². The highest BCUT2D eigenvalue weighted by Crippen LogP contribution is 2.27. The zero-order chi connectivity index (χ0) is 22.0. The van der Waals surface area contributed by atoms with E-state index in [1.807, 2.05) is 62.5 Å². The third-order valence-corrected chi connectivity index (χ3v) is 5.34. The first-order valence-corrected chi connectivity index (χ1v) is 10.4. The molecule has 158 valence electrons. The van der Waals surface area contributed by atoms with E-state index in [4.69, 9.17) is 4.98 Å². The zero-order valence-corrected chi connectivity index (χ0v) is 18.4. The molecule has 0 atom stereocenters. The molecule has 4 rings (SSSR count). The van der Waals surface area contributed by atoms with E-state index in [-0.39, 0.29) is 5.91 Å². The van der Waals surface area contributed by atoms with Gasteiger partial charge in [-0.15, -0.1) is 0 Å². The number of pyridine rings is 1. The van der Waals surface area contributed by atoms with Crippen LogP contribution in [0, 0.1) is 6.92 Å². The van der Waals surface area contributed by atoms with Crippen molar-refractivity contribution in [3.05, 3.63) is 77.5 Å². The Hall–Kier alpha value is -3.51. The van der Waals surface area contributed by atoms with E-state index in [0.717, 1.165) is 41.0 Å². The number of hydrogen-bond donors (Lipinski definition) is 1. The summed E-state index contributed by atoms with van der Waals surface area (Å²) in [4.78, 5) is 20.2. The normalized spacial score (nSPS) is 11.3. The highest BCUT2D eigenvalue weighted by Gasteiger charge is 2.19. The van der Waals surface area contributed by atoms with Gasteiger partial charge in [0, 0.05) is 24.8 Å². The van der Waals surface area contributed by atoms with Crippen molar-refractivity contribution in [2.45, 2.75) is 13.3 Å². The van der Waals surface area contributed by atoms with E-state index in [1.54, 1.807) is 4.68 Å². The first kappa shape index (κ1) is 20.8.